The Morgan fingerprint density at radius 2 is 1.89 bits per heavy atom. The van der Waals surface area contributed by atoms with Gasteiger partial charge in [-0.15, -0.1) is 0 Å². The van der Waals surface area contributed by atoms with E-state index in [4.69, 9.17) is 0 Å². The van der Waals surface area contributed by atoms with Crippen molar-refractivity contribution in [3.05, 3.63) is 64.8 Å². The van der Waals surface area contributed by atoms with E-state index in [0.29, 0.717) is 6.54 Å². The van der Waals surface area contributed by atoms with E-state index in [0.717, 1.165) is 33.5 Å². The van der Waals surface area contributed by atoms with Crippen molar-refractivity contribution in [1.82, 2.24) is 19.1 Å². The van der Waals surface area contributed by atoms with Crippen LogP contribution in [0, 0.1) is 6.92 Å². The number of fused-ring (bicyclic) bond motifs is 1. The lowest BCUT2D eigenvalue weighted by atomic mass is 10.0. The molecule has 4 aromatic rings. The third kappa shape index (κ3) is 2.79. The summed E-state index contributed by atoms with van der Waals surface area (Å²) in [5.41, 5.74) is 7.17. The maximum atomic E-state index is 12.8. The molecule has 1 N–H and O–H groups in total. The second-order valence-electron chi connectivity index (χ2n) is 7.19. The third-order valence-electron chi connectivity index (χ3n) is 5.01. The number of imidazole rings is 2. The van der Waals surface area contributed by atoms with Crippen LogP contribution in [0.3, 0.4) is 0 Å². The van der Waals surface area contributed by atoms with Crippen molar-refractivity contribution in [2.75, 3.05) is 0 Å². The van der Waals surface area contributed by atoms with Gasteiger partial charge in [-0.2, -0.15) is 0 Å². The summed E-state index contributed by atoms with van der Waals surface area (Å²) < 4.78 is 3.69. The Kier molecular flexibility index (Phi) is 4.22. The molecule has 138 valence electrons. The largest absolute Gasteiger partial charge is 0.344 e. The van der Waals surface area contributed by atoms with Crippen molar-refractivity contribution in [1.29, 1.82) is 0 Å². The first-order chi connectivity index (χ1) is 13.0. The fourth-order valence-electron chi connectivity index (χ4n) is 3.77. The number of H-pyrrole nitrogens is 1. The molecule has 0 aliphatic carbocycles. The molecule has 0 aliphatic rings. The number of hydrogen-bond acceptors (Lipinski definition) is 2. The molecule has 5 heteroatoms. The van der Waals surface area contributed by atoms with Crippen LogP contribution in [0.15, 0.2) is 53.6 Å². The monoisotopic (exact) mass is 360 g/mol. The molecule has 0 saturated carbocycles. The lowest BCUT2D eigenvalue weighted by Crippen LogP contribution is -2.24. The Labute approximate surface area is 158 Å². The molecule has 0 aliphatic heterocycles. The van der Waals surface area contributed by atoms with Gasteiger partial charge in [-0.05, 0) is 45.9 Å². The standard InChI is InChI=1S/C22H24N4O/c1-5-25-19-12-17(9-10-18(19)26(14(2)3)22(25)27)21-20(23-13-24-21)16-8-6-7-15(4)11-16/h6-14H,5H2,1-4H3,(H,23,24). The first-order valence-corrected chi connectivity index (χ1v) is 9.36. The van der Waals surface area contributed by atoms with Gasteiger partial charge in [0.05, 0.1) is 28.7 Å². The second-order valence-corrected chi connectivity index (χ2v) is 7.19. The maximum absolute atomic E-state index is 12.8. The molecule has 0 unspecified atom stereocenters. The highest BCUT2D eigenvalue weighted by atomic mass is 16.1. The van der Waals surface area contributed by atoms with E-state index >= 15 is 0 Å². The van der Waals surface area contributed by atoms with Crippen molar-refractivity contribution < 1.29 is 0 Å². The van der Waals surface area contributed by atoms with Gasteiger partial charge >= 0.3 is 5.69 Å². The molecule has 0 spiro atoms. The van der Waals surface area contributed by atoms with Crippen LogP contribution in [-0.4, -0.2) is 19.1 Å². The van der Waals surface area contributed by atoms with Gasteiger partial charge < -0.3 is 4.98 Å². The Morgan fingerprint density at radius 1 is 1.07 bits per heavy atom. The topological polar surface area (TPSA) is 55.6 Å². The zero-order valence-corrected chi connectivity index (χ0v) is 16.2. The molecule has 5 nitrogen and oxygen atoms in total. The maximum Gasteiger partial charge on any atom is 0.329 e. The Bertz CT molecular complexity index is 1180. The zero-order chi connectivity index (χ0) is 19.1. The fourth-order valence-corrected chi connectivity index (χ4v) is 3.77. The number of aromatic amines is 1. The average Bonchev–Trinajstić information content (AvgIpc) is 3.22. The summed E-state index contributed by atoms with van der Waals surface area (Å²) in [5.74, 6) is 0. The molecule has 0 bridgehead atoms. The first kappa shape index (κ1) is 17.3. The Morgan fingerprint density at radius 3 is 2.59 bits per heavy atom. The van der Waals surface area contributed by atoms with Crippen molar-refractivity contribution in [2.45, 2.75) is 40.3 Å². The second kappa shape index (κ2) is 6.58. The smallest absolute Gasteiger partial charge is 0.329 e. The average molecular weight is 360 g/mol. The van der Waals surface area contributed by atoms with Gasteiger partial charge in [0, 0.05) is 23.7 Å². The lowest BCUT2D eigenvalue weighted by molar-refractivity contribution is 0.571. The molecule has 0 saturated heterocycles. The van der Waals surface area contributed by atoms with Gasteiger partial charge in [0.2, 0.25) is 0 Å². The molecule has 2 heterocycles. The Balaban J connectivity index is 1.92. The summed E-state index contributed by atoms with van der Waals surface area (Å²) >= 11 is 0. The molecule has 2 aromatic carbocycles. The van der Waals surface area contributed by atoms with Crippen molar-refractivity contribution in [3.63, 3.8) is 0 Å². The highest BCUT2D eigenvalue weighted by molar-refractivity contribution is 5.86. The quantitative estimate of drug-likeness (QED) is 0.570. The van der Waals surface area contributed by atoms with Crippen molar-refractivity contribution in [3.8, 4) is 22.5 Å². The fraction of sp³-hybridized carbons (Fsp3) is 0.273. The predicted molar refractivity (Wildman–Crippen MR) is 110 cm³/mol. The number of aromatic nitrogens is 4. The molecule has 0 amide bonds. The van der Waals surface area contributed by atoms with Crippen LogP contribution in [0.25, 0.3) is 33.5 Å². The van der Waals surface area contributed by atoms with E-state index in [2.05, 4.69) is 47.2 Å². The molecule has 2 aromatic heterocycles. The number of aryl methyl sites for hydroxylation is 2. The minimum absolute atomic E-state index is 0.0446. The first-order valence-electron chi connectivity index (χ1n) is 9.36. The van der Waals surface area contributed by atoms with Crippen LogP contribution in [0.4, 0.5) is 0 Å². The summed E-state index contributed by atoms with van der Waals surface area (Å²) in [4.78, 5) is 20.6. The summed E-state index contributed by atoms with van der Waals surface area (Å²) in [6.45, 7) is 8.81. The molecule has 0 atom stereocenters. The molecular weight excluding hydrogens is 336 g/mol. The highest BCUT2D eigenvalue weighted by Gasteiger charge is 2.17. The van der Waals surface area contributed by atoms with E-state index in [1.54, 1.807) is 6.33 Å². The highest BCUT2D eigenvalue weighted by Crippen LogP contribution is 2.31. The molecule has 4 rings (SSSR count). The van der Waals surface area contributed by atoms with Gasteiger partial charge in [0.15, 0.2) is 0 Å². The number of rotatable bonds is 4. The normalized spacial score (nSPS) is 11.6. The van der Waals surface area contributed by atoms with Gasteiger partial charge in [0.1, 0.15) is 0 Å². The van der Waals surface area contributed by atoms with E-state index in [-0.39, 0.29) is 11.7 Å². The van der Waals surface area contributed by atoms with Crippen LogP contribution in [0.5, 0.6) is 0 Å². The zero-order valence-electron chi connectivity index (χ0n) is 16.2. The van der Waals surface area contributed by atoms with E-state index in [1.165, 1.54) is 5.56 Å². The van der Waals surface area contributed by atoms with Gasteiger partial charge in [0.25, 0.3) is 0 Å². The van der Waals surface area contributed by atoms with Crippen LogP contribution in [0.1, 0.15) is 32.4 Å². The van der Waals surface area contributed by atoms with Crippen molar-refractivity contribution in [2.24, 2.45) is 0 Å². The summed E-state index contributed by atoms with van der Waals surface area (Å²) in [6, 6.07) is 14.6. The SMILES string of the molecule is CCn1c(=O)n(C(C)C)c2ccc(-c3[nH]cnc3-c3cccc(C)c3)cc21. The molecule has 0 fully saturated rings. The number of benzene rings is 2. The number of hydrogen-bond donors (Lipinski definition) is 1. The molecule has 27 heavy (non-hydrogen) atoms. The van der Waals surface area contributed by atoms with E-state index in [9.17, 15) is 4.79 Å². The third-order valence-corrected chi connectivity index (χ3v) is 5.01. The van der Waals surface area contributed by atoms with E-state index < -0.39 is 0 Å². The van der Waals surface area contributed by atoms with Gasteiger partial charge in [-0.3, -0.25) is 9.13 Å². The molecule has 0 radical (unpaired) electrons. The van der Waals surface area contributed by atoms with Gasteiger partial charge in [-0.1, -0.05) is 29.8 Å². The summed E-state index contributed by atoms with van der Waals surface area (Å²) in [6.07, 6.45) is 1.73. The summed E-state index contributed by atoms with van der Waals surface area (Å²) in [7, 11) is 0. The van der Waals surface area contributed by atoms with Crippen LogP contribution in [0.2, 0.25) is 0 Å². The number of nitrogens with one attached hydrogen (secondary N) is 1. The van der Waals surface area contributed by atoms with Crippen LogP contribution < -0.4 is 5.69 Å². The van der Waals surface area contributed by atoms with Crippen LogP contribution >= 0.6 is 0 Å². The van der Waals surface area contributed by atoms with Gasteiger partial charge in [-0.25, -0.2) is 9.78 Å². The molecular formula is C22H24N4O. The minimum atomic E-state index is 0.0446. The lowest BCUT2D eigenvalue weighted by Gasteiger charge is -2.08. The number of nitrogens with zero attached hydrogens (tertiary/aromatic N) is 3. The minimum Gasteiger partial charge on any atom is -0.344 e. The summed E-state index contributed by atoms with van der Waals surface area (Å²) in [5, 5.41) is 0. The Hall–Kier alpha value is -3.08. The van der Waals surface area contributed by atoms with Crippen molar-refractivity contribution >= 4 is 11.0 Å². The van der Waals surface area contributed by atoms with E-state index in [1.807, 2.05) is 42.0 Å². The van der Waals surface area contributed by atoms with Crippen LogP contribution in [-0.2, 0) is 6.54 Å². The predicted octanol–water partition coefficient (Wildman–Crippen LogP) is 4.77.